The van der Waals surface area contributed by atoms with Crippen LogP contribution in [0, 0.1) is 0 Å². The van der Waals surface area contributed by atoms with E-state index in [9.17, 15) is 4.79 Å². The smallest absolute Gasteiger partial charge is 0.331 e. The Morgan fingerprint density at radius 3 is 2.73 bits per heavy atom. The molecule has 1 aromatic heterocycles. The second-order valence-corrected chi connectivity index (χ2v) is 5.90. The molecule has 136 valence electrons. The van der Waals surface area contributed by atoms with E-state index < -0.39 is 0 Å². The largest absolute Gasteiger partial charge is 0.335 e. The minimum atomic E-state index is -0.300. The summed E-state index contributed by atoms with van der Waals surface area (Å²) in [5, 5.41) is 6.43. The monoisotopic (exact) mass is 371 g/mol. The van der Waals surface area contributed by atoms with Crippen LogP contribution in [0.4, 0.5) is 0 Å². The van der Waals surface area contributed by atoms with Gasteiger partial charge in [-0.15, -0.1) is 12.4 Å². The molecule has 0 saturated carbocycles. The number of benzene rings is 2. The van der Waals surface area contributed by atoms with E-state index in [1.54, 1.807) is 12.5 Å². The number of imidazole rings is 1. The van der Waals surface area contributed by atoms with Gasteiger partial charge in [-0.1, -0.05) is 54.9 Å². The van der Waals surface area contributed by atoms with E-state index in [2.05, 4.69) is 28.3 Å². The second-order valence-electron chi connectivity index (χ2n) is 5.90. The molecule has 2 aromatic carbocycles. The molecule has 0 aliphatic rings. The topological polar surface area (TPSA) is 56.5 Å². The molecule has 0 saturated heterocycles. The Kier molecular flexibility index (Phi) is 7.36. The molecule has 0 aliphatic heterocycles. The van der Waals surface area contributed by atoms with Crippen molar-refractivity contribution in [2.45, 2.75) is 32.7 Å². The van der Waals surface area contributed by atoms with Crippen molar-refractivity contribution >= 4 is 34.9 Å². The number of unbranched alkanes of at least 4 members (excludes halogenated alkanes) is 1. The van der Waals surface area contributed by atoms with Gasteiger partial charge in [-0.25, -0.2) is 9.78 Å². The van der Waals surface area contributed by atoms with Gasteiger partial charge in [-0.2, -0.15) is 0 Å². The lowest BCUT2D eigenvalue weighted by atomic mass is 10.0. The Labute approximate surface area is 159 Å². The van der Waals surface area contributed by atoms with E-state index in [1.165, 1.54) is 0 Å². The summed E-state index contributed by atoms with van der Waals surface area (Å²) >= 11 is 0. The van der Waals surface area contributed by atoms with Crippen LogP contribution in [0.1, 0.15) is 31.7 Å². The highest BCUT2D eigenvalue weighted by Crippen LogP contribution is 2.17. The third kappa shape index (κ3) is 5.17. The number of oxime groups is 1. The maximum Gasteiger partial charge on any atom is 0.335 e. The molecule has 5 nitrogen and oxygen atoms in total. The van der Waals surface area contributed by atoms with Crippen molar-refractivity contribution in [3.05, 3.63) is 66.7 Å². The van der Waals surface area contributed by atoms with E-state index >= 15 is 0 Å². The van der Waals surface area contributed by atoms with Gasteiger partial charge in [-0.05, 0) is 23.3 Å². The standard InChI is InChI=1S/C20H21N3O2.ClH/c1-2-3-8-20(24)25-22-19(14-23-12-11-21-15-23)18-10-9-16-6-4-5-7-17(16)13-18;/h4-7,9-13,15H,2-3,8,14H2,1H3;1H/b22-19+;. The van der Waals surface area contributed by atoms with Crippen LogP contribution in [0.5, 0.6) is 0 Å². The summed E-state index contributed by atoms with van der Waals surface area (Å²) in [6.07, 6.45) is 7.43. The van der Waals surface area contributed by atoms with Crippen LogP contribution < -0.4 is 0 Å². The fourth-order valence-electron chi connectivity index (χ4n) is 2.57. The van der Waals surface area contributed by atoms with Gasteiger partial charge < -0.3 is 9.40 Å². The predicted octanol–water partition coefficient (Wildman–Crippen LogP) is 4.60. The van der Waals surface area contributed by atoms with E-state index in [0.717, 1.165) is 29.2 Å². The van der Waals surface area contributed by atoms with Crippen LogP contribution in [0.15, 0.2) is 66.3 Å². The molecule has 0 unspecified atom stereocenters. The number of hydrogen-bond donors (Lipinski definition) is 0. The van der Waals surface area contributed by atoms with Crippen molar-refractivity contribution in [1.82, 2.24) is 9.55 Å². The lowest BCUT2D eigenvalue weighted by Gasteiger charge is -2.09. The highest BCUT2D eigenvalue weighted by Gasteiger charge is 2.09. The minimum absolute atomic E-state index is 0. The summed E-state index contributed by atoms with van der Waals surface area (Å²) in [7, 11) is 0. The van der Waals surface area contributed by atoms with Crippen LogP contribution in [-0.2, 0) is 16.2 Å². The van der Waals surface area contributed by atoms with Gasteiger partial charge in [0.2, 0.25) is 0 Å². The zero-order valence-electron chi connectivity index (χ0n) is 14.7. The lowest BCUT2D eigenvalue weighted by molar-refractivity contribution is -0.143. The molecule has 6 heteroatoms. The maximum absolute atomic E-state index is 11.8. The van der Waals surface area contributed by atoms with Crippen LogP contribution in [0.2, 0.25) is 0 Å². The zero-order valence-corrected chi connectivity index (χ0v) is 15.5. The van der Waals surface area contributed by atoms with E-state index in [1.807, 2.05) is 42.0 Å². The summed E-state index contributed by atoms with van der Waals surface area (Å²) < 4.78 is 1.90. The van der Waals surface area contributed by atoms with Gasteiger partial charge >= 0.3 is 5.97 Å². The molecule has 0 atom stereocenters. The molecule has 1 heterocycles. The number of carbonyl (C=O) groups excluding carboxylic acids is 1. The van der Waals surface area contributed by atoms with Crippen molar-refractivity contribution < 1.29 is 9.63 Å². The SMILES string of the molecule is CCCCC(=O)O/N=C(\Cn1ccnc1)c1ccc2ccccc2c1.Cl. The molecule has 3 aromatic rings. The Balaban J connectivity index is 0.00000243. The molecule has 0 amide bonds. The predicted molar refractivity (Wildman–Crippen MR) is 106 cm³/mol. The normalized spacial score (nSPS) is 11.2. The molecule has 0 fully saturated rings. The van der Waals surface area contributed by atoms with Gasteiger partial charge in [-0.3, -0.25) is 0 Å². The number of hydrogen-bond acceptors (Lipinski definition) is 4. The third-order valence-corrected chi connectivity index (χ3v) is 3.97. The lowest BCUT2D eigenvalue weighted by Crippen LogP contribution is -2.12. The van der Waals surface area contributed by atoms with Crippen LogP contribution >= 0.6 is 12.4 Å². The highest BCUT2D eigenvalue weighted by atomic mass is 35.5. The zero-order chi connectivity index (χ0) is 17.5. The van der Waals surface area contributed by atoms with Crippen LogP contribution in [0.25, 0.3) is 10.8 Å². The Bertz CT molecular complexity index is 876. The van der Waals surface area contributed by atoms with Crippen molar-refractivity contribution in [2.75, 3.05) is 0 Å². The van der Waals surface area contributed by atoms with Gasteiger partial charge in [0.05, 0.1) is 12.9 Å². The van der Waals surface area contributed by atoms with Gasteiger partial charge in [0.25, 0.3) is 0 Å². The molecule has 26 heavy (non-hydrogen) atoms. The summed E-state index contributed by atoms with van der Waals surface area (Å²) in [5.41, 5.74) is 1.62. The summed E-state index contributed by atoms with van der Waals surface area (Å²) in [6.45, 7) is 2.52. The Hall–Kier alpha value is -2.66. The second kappa shape index (κ2) is 9.73. The first kappa shape index (κ1) is 19.7. The Morgan fingerprint density at radius 1 is 1.19 bits per heavy atom. The average molecular weight is 372 g/mol. The molecule has 0 radical (unpaired) electrons. The number of nitrogens with zero attached hydrogens (tertiary/aromatic N) is 3. The van der Waals surface area contributed by atoms with Crippen molar-refractivity contribution in [3.8, 4) is 0 Å². The molecule has 0 aliphatic carbocycles. The van der Waals surface area contributed by atoms with Gasteiger partial charge in [0.15, 0.2) is 0 Å². The van der Waals surface area contributed by atoms with E-state index in [0.29, 0.717) is 18.7 Å². The molecule has 0 N–H and O–H groups in total. The molecular weight excluding hydrogens is 350 g/mol. The quantitative estimate of drug-likeness (QED) is 0.346. The number of carbonyl (C=O) groups is 1. The third-order valence-electron chi connectivity index (χ3n) is 3.97. The number of halogens is 1. The van der Waals surface area contributed by atoms with Gasteiger partial charge in [0.1, 0.15) is 5.71 Å². The number of fused-ring (bicyclic) bond motifs is 1. The fraction of sp³-hybridized carbons (Fsp3) is 0.250. The summed E-state index contributed by atoms with van der Waals surface area (Å²) in [4.78, 5) is 21.0. The van der Waals surface area contributed by atoms with Crippen LogP contribution in [-0.4, -0.2) is 21.2 Å². The molecule has 0 bridgehead atoms. The molecule has 3 rings (SSSR count). The van der Waals surface area contributed by atoms with Gasteiger partial charge in [0, 0.05) is 24.4 Å². The van der Waals surface area contributed by atoms with E-state index in [-0.39, 0.29) is 18.4 Å². The first-order valence-electron chi connectivity index (χ1n) is 8.48. The number of rotatable bonds is 7. The highest BCUT2D eigenvalue weighted by molar-refractivity contribution is 6.03. The van der Waals surface area contributed by atoms with Crippen molar-refractivity contribution in [2.24, 2.45) is 5.16 Å². The van der Waals surface area contributed by atoms with Crippen molar-refractivity contribution in [1.29, 1.82) is 0 Å². The molecular formula is C20H22ClN3O2. The molecule has 0 spiro atoms. The Morgan fingerprint density at radius 2 is 2.00 bits per heavy atom. The van der Waals surface area contributed by atoms with Crippen LogP contribution in [0.3, 0.4) is 0 Å². The fourth-order valence-corrected chi connectivity index (χ4v) is 2.57. The first-order chi connectivity index (χ1) is 12.3. The summed E-state index contributed by atoms with van der Waals surface area (Å²) in [5.74, 6) is -0.300. The average Bonchev–Trinajstić information content (AvgIpc) is 3.16. The van der Waals surface area contributed by atoms with E-state index in [4.69, 9.17) is 4.84 Å². The minimum Gasteiger partial charge on any atom is -0.331 e. The first-order valence-corrected chi connectivity index (χ1v) is 8.48. The number of aromatic nitrogens is 2. The maximum atomic E-state index is 11.8. The van der Waals surface area contributed by atoms with Crippen molar-refractivity contribution in [3.63, 3.8) is 0 Å². The summed E-state index contributed by atoms with van der Waals surface area (Å²) in [6, 6.07) is 14.2.